The molecule has 0 bridgehead atoms. The highest BCUT2D eigenvalue weighted by atomic mass is 35.5. The third-order valence-electron chi connectivity index (χ3n) is 5.25. The standard InChI is InChI=1S/C20H28N4O3.ClH/c1-13(15-8-10-21-11-9-15)12-18(25)23-19(20-22-14(2)27-24-20)16-6-4-5-7-17(16)26-3;/h4-7,13,15,19,21H,8-12H2,1-3H3,(H,23,25);1H. The number of amides is 1. The lowest BCUT2D eigenvalue weighted by atomic mass is 9.84. The summed E-state index contributed by atoms with van der Waals surface area (Å²) in [7, 11) is 1.61. The highest BCUT2D eigenvalue weighted by Gasteiger charge is 2.27. The SMILES string of the molecule is COc1ccccc1C(NC(=O)CC(C)C1CCNCC1)c1noc(C)n1.Cl. The zero-order chi connectivity index (χ0) is 19.2. The minimum Gasteiger partial charge on any atom is -0.496 e. The lowest BCUT2D eigenvalue weighted by molar-refractivity contribution is -0.122. The summed E-state index contributed by atoms with van der Waals surface area (Å²) in [4.78, 5) is 17.1. The van der Waals surface area contributed by atoms with Crippen LogP contribution < -0.4 is 15.4 Å². The van der Waals surface area contributed by atoms with Gasteiger partial charge < -0.3 is 19.9 Å². The van der Waals surface area contributed by atoms with E-state index in [0.717, 1.165) is 31.5 Å². The molecule has 154 valence electrons. The van der Waals surface area contributed by atoms with E-state index in [2.05, 4.69) is 27.7 Å². The molecule has 2 unspecified atom stereocenters. The first-order valence-corrected chi connectivity index (χ1v) is 9.51. The summed E-state index contributed by atoms with van der Waals surface area (Å²) >= 11 is 0. The van der Waals surface area contributed by atoms with E-state index in [1.165, 1.54) is 0 Å². The van der Waals surface area contributed by atoms with Crippen molar-refractivity contribution in [2.75, 3.05) is 20.2 Å². The quantitative estimate of drug-likeness (QED) is 0.731. The number of aryl methyl sites for hydroxylation is 1. The van der Waals surface area contributed by atoms with Crippen molar-refractivity contribution in [2.45, 2.75) is 39.2 Å². The van der Waals surface area contributed by atoms with Crippen LogP contribution >= 0.6 is 12.4 Å². The third kappa shape index (κ3) is 5.45. The van der Waals surface area contributed by atoms with Crippen molar-refractivity contribution in [1.82, 2.24) is 20.8 Å². The molecule has 0 radical (unpaired) electrons. The van der Waals surface area contributed by atoms with Crippen molar-refractivity contribution >= 4 is 18.3 Å². The Kier molecular flexibility index (Phi) is 8.26. The number of ether oxygens (including phenoxy) is 1. The van der Waals surface area contributed by atoms with Gasteiger partial charge in [-0.2, -0.15) is 4.98 Å². The second-order valence-electron chi connectivity index (χ2n) is 7.18. The molecule has 2 aromatic rings. The Bertz CT molecular complexity index is 761. The summed E-state index contributed by atoms with van der Waals surface area (Å²) in [5.41, 5.74) is 0.809. The molecular weight excluding hydrogens is 380 g/mol. The summed E-state index contributed by atoms with van der Waals surface area (Å²) in [5, 5.41) is 10.5. The van der Waals surface area contributed by atoms with E-state index in [0.29, 0.717) is 35.7 Å². The largest absolute Gasteiger partial charge is 0.496 e. The first-order chi connectivity index (χ1) is 13.1. The minimum atomic E-state index is -0.508. The van der Waals surface area contributed by atoms with Gasteiger partial charge in [0.05, 0.1) is 7.11 Å². The molecule has 1 aromatic heterocycles. The van der Waals surface area contributed by atoms with Gasteiger partial charge in [-0.1, -0.05) is 30.3 Å². The Labute approximate surface area is 172 Å². The zero-order valence-corrected chi connectivity index (χ0v) is 17.4. The van der Waals surface area contributed by atoms with Crippen molar-refractivity contribution in [3.63, 3.8) is 0 Å². The van der Waals surface area contributed by atoms with Crippen LogP contribution in [0.3, 0.4) is 0 Å². The van der Waals surface area contributed by atoms with Crippen LogP contribution in [0.5, 0.6) is 5.75 Å². The van der Waals surface area contributed by atoms with Crippen LogP contribution in [0, 0.1) is 18.8 Å². The molecule has 1 amide bonds. The second-order valence-corrected chi connectivity index (χ2v) is 7.18. The highest BCUT2D eigenvalue weighted by molar-refractivity contribution is 5.85. The van der Waals surface area contributed by atoms with Gasteiger partial charge in [-0.15, -0.1) is 12.4 Å². The Hall–Kier alpha value is -2.12. The van der Waals surface area contributed by atoms with Gasteiger partial charge in [0.25, 0.3) is 0 Å². The summed E-state index contributed by atoms with van der Waals surface area (Å²) in [5.74, 6) is 2.46. The highest BCUT2D eigenvalue weighted by Crippen LogP contribution is 2.29. The Morgan fingerprint density at radius 2 is 2.07 bits per heavy atom. The van der Waals surface area contributed by atoms with Crippen molar-refractivity contribution in [3.05, 3.63) is 41.5 Å². The van der Waals surface area contributed by atoms with E-state index in [1.807, 2.05) is 24.3 Å². The number of nitrogens with zero attached hydrogens (tertiary/aromatic N) is 2. The number of para-hydroxylation sites is 1. The molecule has 1 fully saturated rings. The fourth-order valence-corrected chi connectivity index (χ4v) is 3.71. The second kappa shape index (κ2) is 10.4. The van der Waals surface area contributed by atoms with Crippen molar-refractivity contribution in [1.29, 1.82) is 0 Å². The molecule has 0 aliphatic carbocycles. The van der Waals surface area contributed by atoms with Crippen LogP contribution in [0.25, 0.3) is 0 Å². The number of hydrogen-bond acceptors (Lipinski definition) is 6. The van der Waals surface area contributed by atoms with Crippen molar-refractivity contribution < 1.29 is 14.1 Å². The molecule has 2 heterocycles. The molecule has 3 rings (SSSR count). The normalized spacial score (nSPS) is 16.7. The molecule has 7 nitrogen and oxygen atoms in total. The predicted molar refractivity (Wildman–Crippen MR) is 109 cm³/mol. The zero-order valence-electron chi connectivity index (χ0n) is 16.6. The van der Waals surface area contributed by atoms with Crippen LogP contribution in [0.1, 0.15) is 49.5 Å². The fraction of sp³-hybridized carbons (Fsp3) is 0.550. The van der Waals surface area contributed by atoms with Gasteiger partial charge in [0, 0.05) is 18.9 Å². The lowest BCUT2D eigenvalue weighted by Gasteiger charge is -2.28. The molecule has 2 N–H and O–H groups in total. The molecule has 0 saturated carbocycles. The van der Waals surface area contributed by atoms with Crippen molar-refractivity contribution in [2.24, 2.45) is 11.8 Å². The van der Waals surface area contributed by atoms with Gasteiger partial charge in [-0.3, -0.25) is 4.79 Å². The number of benzene rings is 1. The first kappa shape index (κ1) is 22.2. The van der Waals surface area contributed by atoms with E-state index in [1.54, 1.807) is 14.0 Å². The molecule has 1 saturated heterocycles. The molecular formula is C20H29ClN4O3. The van der Waals surface area contributed by atoms with E-state index in [-0.39, 0.29) is 18.3 Å². The molecule has 8 heteroatoms. The fourth-order valence-electron chi connectivity index (χ4n) is 3.71. The van der Waals surface area contributed by atoms with Crippen LogP contribution in [0.15, 0.2) is 28.8 Å². The Morgan fingerprint density at radius 3 is 2.71 bits per heavy atom. The summed E-state index contributed by atoms with van der Waals surface area (Å²) in [6.07, 6.45) is 2.72. The van der Waals surface area contributed by atoms with Crippen LogP contribution in [-0.2, 0) is 4.79 Å². The maximum Gasteiger partial charge on any atom is 0.223 e. The summed E-state index contributed by atoms with van der Waals surface area (Å²) in [6.45, 7) is 5.95. The molecule has 28 heavy (non-hydrogen) atoms. The van der Waals surface area contributed by atoms with Gasteiger partial charge in [0.2, 0.25) is 11.8 Å². The monoisotopic (exact) mass is 408 g/mol. The number of carbonyl (C=O) groups excluding carboxylic acids is 1. The lowest BCUT2D eigenvalue weighted by Crippen LogP contribution is -2.35. The number of methoxy groups -OCH3 is 1. The van der Waals surface area contributed by atoms with Gasteiger partial charge in [0.15, 0.2) is 5.82 Å². The van der Waals surface area contributed by atoms with E-state index in [4.69, 9.17) is 9.26 Å². The topological polar surface area (TPSA) is 89.3 Å². The smallest absolute Gasteiger partial charge is 0.223 e. The number of rotatable bonds is 7. The molecule has 0 spiro atoms. The average molecular weight is 409 g/mol. The minimum absolute atomic E-state index is 0. The van der Waals surface area contributed by atoms with Crippen LogP contribution in [-0.4, -0.2) is 36.2 Å². The van der Waals surface area contributed by atoms with Gasteiger partial charge in [-0.05, 0) is 43.8 Å². The maximum absolute atomic E-state index is 12.8. The number of hydrogen-bond donors (Lipinski definition) is 2. The van der Waals surface area contributed by atoms with Gasteiger partial charge >= 0.3 is 0 Å². The van der Waals surface area contributed by atoms with Crippen LogP contribution in [0.4, 0.5) is 0 Å². The van der Waals surface area contributed by atoms with Crippen molar-refractivity contribution in [3.8, 4) is 5.75 Å². The van der Waals surface area contributed by atoms with Gasteiger partial charge in [-0.25, -0.2) is 0 Å². The molecule has 1 aliphatic heterocycles. The van der Waals surface area contributed by atoms with Gasteiger partial charge in [0.1, 0.15) is 11.8 Å². The summed E-state index contributed by atoms with van der Waals surface area (Å²) in [6, 6.07) is 7.06. The molecule has 1 aliphatic rings. The molecule has 2 atom stereocenters. The maximum atomic E-state index is 12.8. The third-order valence-corrected chi connectivity index (χ3v) is 5.25. The number of aromatic nitrogens is 2. The number of piperidine rings is 1. The Balaban J connectivity index is 0.00000280. The number of halogens is 1. The van der Waals surface area contributed by atoms with E-state index < -0.39 is 6.04 Å². The predicted octanol–water partition coefficient (Wildman–Crippen LogP) is 3.04. The van der Waals surface area contributed by atoms with E-state index >= 15 is 0 Å². The summed E-state index contributed by atoms with van der Waals surface area (Å²) < 4.78 is 10.6. The van der Waals surface area contributed by atoms with E-state index in [9.17, 15) is 4.79 Å². The van der Waals surface area contributed by atoms with Crippen LogP contribution in [0.2, 0.25) is 0 Å². The molecule has 1 aromatic carbocycles. The number of nitrogens with one attached hydrogen (secondary N) is 2. The Morgan fingerprint density at radius 1 is 1.36 bits per heavy atom. The first-order valence-electron chi connectivity index (χ1n) is 9.51. The number of carbonyl (C=O) groups is 1. The average Bonchev–Trinajstić information content (AvgIpc) is 3.13.